The predicted octanol–water partition coefficient (Wildman–Crippen LogP) is 4.54. The average Bonchev–Trinajstić information content (AvgIpc) is 3.13. The topological polar surface area (TPSA) is 78.5 Å². The minimum atomic E-state index is -4.59. The van der Waals surface area contributed by atoms with Gasteiger partial charge in [0.15, 0.2) is 0 Å². The second-order valence-electron chi connectivity index (χ2n) is 7.66. The molecule has 6 nitrogen and oxygen atoms in total. The molecular formula is C23H24F3N3O3. The minimum Gasteiger partial charge on any atom is -0.342 e. The van der Waals surface area contributed by atoms with E-state index in [9.17, 15) is 27.6 Å². The van der Waals surface area contributed by atoms with Crippen LogP contribution in [0.4, 0.5) is 24.5 Å². The van der Waals surface area contributed by atoms with E-state index in [-0.39, 0.29) is 29.5 Å². The maximum atomic E-state index is 13.1. The number of unbranched alkanes of at least 4 members (excludes halogenated alkanes) is 1. The molecule has 2 aromatic rings. The van der Waals surface area contributed by atoms with Gasteiger partial charge in [0.25, 0.3) is 5.91 Å². The summed E-state index contributed by atoms with van der Waals surface area (Å²) in [6, 6.07) is 10.5. The fraction of sp³-hybridized carbons (Fsp3) is 0.348. The zero-order valence-corrected chi connectivity index (χ0v) is 17.5. The molecule has 1 fully saturated rings. The highest BCUT2D eigenvalue weighted by Gasteiger charge is 2.34. The summed E-state index contributed by atoms with van der Waals surface area (Å²) in [5.74, 6) is -1.47. The second kappa shape index (κ2) is 9.84. The molecule has 3 rings (SSSR count). The van der Waals surface area contributed by atoms with Crippen LogP contribution in [0.5, 0.6) is 0 Å². The van der Waals surface area contributed by atoms with Gasteiger partial charge >= 0.3 is 6.18 Å². The van der Waals surface area contributed by atoms with Gasteiger partial charge in [-0.05, 0) is 42.8 Å². The van der Waals surface area contributed by atoms with Gasteiger partial charge in [-0.2, -0.15) is 13.2 Å². The van der Waals surface area contributed by atoms with Gasteiger partial charge in [0.2, 0.25) is 11.8 Å². The van der Waals surface area contributed by atoms with Crippen LogP contribution in [0.2, 0.25) is 0 Å². The first-order chi connectivity index (χ1) is 15.2. The molecule has 1 atom stereocenters. The SMILES string of the molecule is CCCCN1CC(C(=O)Nc2ccc(C(=O)Nc3ccccc3C(F)(F)F)cc2)CC1=O. The van der Waals surface area contributed by atoms with E-state index < -0.39 is 23.6 Å². The van der Waals surface area contributed by atoms with E-state index in [1.165, 1.54) is 42.5 Å². The third kappa shape index (κ3) is 5.66. The minimum absolute atomic E-state index is 0.0373. The molecule has 1 heterocycles. The summed E-state index contributed by atoms with van der Waals surface area (Å²) in [6.07, 6.45) is -2.58. The number of hydrogen-bond acceptors (Lipinski definition) is 3. The van der Waals surface area contributed by atoms with E-state index in [4.69, 9.17) is 0 Å². The molecule has 1 saturated heterocycles. The monoisotopic (exact) mass is 447 g/mol. The molecule has 0 bridgehead atoms. The number of hydrogen-bond donors (Lipinski definition) is 2. The average molecular weight is 447 g/mol. The maximum absolute atomic E-state index is 13.1. The Hall–Kier alpha value is -3.36. The number of halogens is 3. The summed E-state index contributed by atoms with van der Waals surface area (Å²) >= 11 is 0. The summed E-state index contributed by atoms with van der Waals surface area (Å²) in [4.78, 5) is 38.6. The number of para-hydroxylation sites is 1. The molecule has 2 N–H and O–H groups in total. The van der Waals surface area contributed by atoms with E-state index in [1.54, 1.807) is 4.90 Å². The Morgan fingerprint density at radius 3 is 2.41 bits per heavy atom. The molecular weight excluding hydrogens is 423 g/mol. The number of likely N-dealkylation sites (tertiary alicyclic amines) is 1. The lowest BCUT2D eigenvalue weighted by Gasteiger charge is -2.16. The summed E-state index contributed by atoms with van der Waals surface area (Å²) in [5.41, 5.74) is -0.694. The zero-order chi connectivity index (χ0) is 23.3. The first-order valence-corrected chi connectivity index (χ1v) is 10.3. The normalized spacial score (nSPS) is 16.2. The number of benzene rings is 2. The molecule has 0 radical (unpaired) electrons. The third-order valence-corrected chi connectivity index (χ3v) is 5.26. The van der Waals surface area contributed by atoms with Crippen LogP contribution in [-0.2, 0) is 15.8 Å². The number of nitrogens with zero attached hydrogens (tertiary/aromatic N) is 1. The summed E-state index contributed by atoms with van der Waals surface area (Å²) < 4.78 is 39.3. The molecule has 32 heavy (non-hydrogen) atoms. The van der Waals surface area contributed by atoms with Gasteiger partial charge in [-0.3, -0.25) is 14.4 Å². The predicted molar refractivity (Wildman–Crippen MR) is 114 cm³/mol. The fourth-order valence-corrected chi connectivity index (χ4v) is 3.50. The molecule has 0 saturated carbocycles. The van der Waals surface area contributed by atoms with Crippen LogP contribution >= 0.6 is 0 Å². The van der Waals surface area contributed by atoms with Crippen molar-refractivity contribution in [3.05, 3.63) is 59.7 Å². The highest BCUT2D eigenvalue weighted by molar-refractivity contribution is 6.05. The molecule has 1 aliphatic rings. The third-order valence-electron chi connectivity index (χ3n) is 5.26. The first-order valence-electron chi connectivity index (χ1n) is 10.3. The van der Waals surface area contributed by atoms with E-state index >= 15 is 0 Å². The highest BCUT2D eigenvalue weighted by Crippen LogP contribution is 2.34. The Balaban J connectivity index is 1.60. The van der Waals surface area contributed by atoms with Crippen LogP contribution in [-0.4, -0.2) is 35.7 Å². The standard InChI is InChI=1S/C23H24F3N3O3/c1-2-3-12-29-14-16(13-20(29)30)22(32)27-17-10-8-15(9-11-17)21(31)28-19-7-5-4-6-18(19)23(24,25)26/h4-11,16H,2-3,12-14H2,1H3,(H,27,32)(H,28,31). The largest absolute Gasteiger partial charge is 0.418 e. The molecule has 0 aliphatic carbocycles. The van der Waals surface area contributed by atoms with Gasteiger partial charge in [0.05, 0.1) is 17.2 Å². The lowest BCUT2D eigenvalue weighted by molar-refractivity contribution is -0.137. The van der Waals surface area contributed by atoms with E-state index in [1.807, 2.05) is 6.92 Å². The van der Waals surface area contributed by atoms with Gasteiger partial charge in [-0.15, -0.1) is 0 Å². The van der Waals surface area contributed by atoms with Crippen molar-refractivity contribution in [1.29, 1.82) is 0 Å². The number of anilines is 2. The smallest absolute Gasteiger partial charge is 0.342 e. The molecule has 1 unspecified atom stereocenters. The van der Waals surface area contributed by atoms with Crippen molar-refractivity contribution in [3.63, 3.8) is 0 Å². The van der Waals surface area contributed by atoms with Crippen LogP contribution in [0.1, 0.15) is 42.1 Å². The molecule has 0 aromatic heterocycles. The van der Waals surface area contributed by atoms with E-state index in [0.29, 0.717) is 18.8 Å². The van der Waals surface area contributed by atoms with Crippen LogP contribution in [0.25, 0.3) is 0 Å². The van der Waals surface area contributed by atoms with Gasteiger partial charge in [0, 0.05) is 30.8 Å². The molecule has 3 amide bonds. The van der Waals surface area contributed by atoms with Crippen molar-refractivity contribution in [3.8, 4) is 0 Å². The second-order valence-corrected chi connectivity index (χ2v) is 7.66. The summed E-state index contributed by atoms with van der Waals surface area (Å²) in [5, 5.41) is 5.00. The van der Waals surface area contributed by atoms with Gasteiger partial charge in [-0.25, -0.2) is 0 Å². The zero-order valence-electron chi connectivity index (χ0n) is 17.5. The summed E-state index contributed by atoms with van der Waals surface area (Å²) in [7, 11) is 0. The number of amides is 3. The Labute approximate surface area is 183 Å². The number of nitrogens with one attached hydrogen (secondary N) is 2. The van der Waals surface area contributed by atoms with E-state index in [2.05, 4.69) is 10.6 Å². The van der Waals surface area contributed by atoms with E-state index in [0.717, 1.165) is 18.9 Å². The van der Waals surface area contributed by atoms with Crippen LogP contribution in [0.3, 0.4) is 0 Å². The molecule has 9 heteroatoms. The molecule has 0 spiro atoms. The first kappa shape index (κ1) is 23.3. The Morgan fingerprint density at radius 2 is 1.75 bits per heavy atom. The van der Waals surface area contributed by atoms with Crippen molar-refractivity contribution >= 4 is 29.1 Å². The van der Waals surface area contributed by atoms with Crippen molar-refractivity contribution in [2.75, 3.05) is 23.7 Å². The lowest BCUT2D eigenvalue weighted by atomic mass is 10.1. The Bertz CT molecular complexity index is 990. The number of carbonyl (C=O) groups is 3. The molecule has 170 valence electrons. The Kier molecular flexibility index (Phi) is 7.17. The number of alkyl halides is 3. The number of rotatable bonds is 7. The van der Waals surface area contributed by atoms with Gasteiger partial charge < -0.3 is 15.5 Å². The van der Waals surface area contributed by atoms with Crippen LogP contribution in [0.15, 0.2) is 48.5 Å². The van der Waals surface area contributed by atoms with Crippen molar-refractivity contribution in [2.45, 2.75) is 32.4 Å². The van der Waals surface area contributed by atoms with Crippen LogP contribution < -0.4 is 10.6 Å². The lowest BCUT2D eigenvalue weighted by Crippen LogP contribution is -2.29. The quantitative estimate of drug-likeness (QED) is 0.654. The Morgan fingerprint density at radius 1 is 1.06 bits per heavy atom. The van der Waals surface area contributed by atoms with Crippen molar-refractivity contribution < 1.29 is 27.6 Å². The molecule has 2 aromatic carbocycles. The van der Waals surface area contributed by atoms with Crippen molar-refractivity contribution in [2.24, 2.45) is 5.92 Å². The van der Waals surface area contributed by atoms with Crippen molar-refractivity contribution in [1.82, 2.24) is 4.90 Å². The van der Waals surface area contributed by atoms with Crippen LogP contribution in [0, 0.1) is 5.92 Å². The molecule has 1 aliphatic heterocycles. The fourth-order valence-electron chi connectivity index (χ4n) is 3.50. The number of carbonyl (C=O) groups excluding carboxylic acids is 3. The highest BCUT2D eigenvalue weighted by atomic mass is 19.4. The summed E-state index contributed by atoms with van der Waals surface area (Å²) in [6.45, 7) is 3.05. The maximum Gasteiger partial charge on any atom is 0.418 e. The van der Waals surface area contributed by atoms with Gasteiger partial charge in [-0.1, -0.05) is 25.5 Å². The van der Waals surface area contributed by atoms with Gasteiger partial charge in [0.1, 0.15) is 0 Å².